The first-order chi connectivity index (χ1) is 19.3. The van der Waals surface area contributed by atoms with E-state index in [2.05, 4.69) is 126 Å². The van der Waals surface area contributed by atoms with Gasteiger partial charge in [0.15, 0.2) is 0 Å². The molecule has 0 radical (unpaired) electrons. The highest BCUT2D eigenvalue weighted by Crippen LogP contribution is 2.35. The molecule has 8 rings (SSSR count). The SMILES string of the molecule is C1=CCCC(c2nc3c(n2-c2ccc(-c4cccc5c4ccc4cc6ccccc6cc45)cc2)=CCCC=3)=C1. The minimum atomic E-state index is 1.03. The van der Waals surface area contributed by atoms with Crippen LogP contribution < -0.4 is 10.7 Å². The van der Waals surface area contributed by atoms with E-state index in [4.69, 9.17) is 4.98 Å². The van der Waals surface area contributed by atoms with Gasteiger partial charge in [-0.25, -0.2) is 4.98 Å². The van der Waals surface area contributed by atoms with Gasteiger partial charge in [-0.1, -0.05) is 97.1 Å². The van der Waals surface area contributed by atoms with E-state index in [0.717, 1.165) is 36.9 Å². The Kier molecular flexibility index (Phi) is 5.12. The Morgan fingerprint density at radius 3 is 2.33 bits per heavy atom. The molecule has 1 aromatic heterocycles. The molecule has 39 heavy (non-hydrogen) atoms. The summed E-state index contributed by atoms with van der Waals surface area (Å²) in [4.78, 5) is 5.10. The van der Waals surface area contributed by atoms with Crippen LogP contribution in [0.4, 0.5) is 0 Å². The largest absolute Gasteiger partial charge is 0.293 e. The predicted octanol–water partition coefficient (Wildman–Crippen LogP) is 8.09. The number of imidazole rings is 1. The third kappa shape index (κ3) is 3.67. The number of hydrogen-bond acceptors (Lipinski definition) is 1. The summed E-state index contributed by atoms with van der Waals surface area (Å²) >= 11 is 0. The zero-order valence-corrected chi connectivity index (χ0v) is 21.8. The molecule has 2 aliphatic rings. The molecule has 0 amide bonds. The summed E-state index contributed by atoms with van der Waals surface area (Å²) in [5, 5.41) is 10.1. The molecule has 2 aliphatic carbocycles. The van der Waals surface area contributed by atoms with Crippen molar-refractivity contribution in [1.82, 2.24) is 9.55 Å². The first-order valence-corrected chi connectivity index (χ1v) is 13.9. The highest BCUT2D eigenvalue weighted by Gasteiger charge is 2.16. The predicted molar refractivity (Wildman–Crippen MR) is 165 cm³/mol. The highest BCUT2D eigenvalue weighted by atomic mass is 15.1. The Balaban J connectivity index is 1.27. The molecule has 2 nitrogen and oxygen atoms in total. The zero-order chi connectivity index (χ0) is 25.8. The quantitative estimate of drug-likeness (QED) is 0.177. The van der Waals surface area contributed by atoms with Crippen molar-refractivity contribution in [3.63, 3.8) is 0 Å². The van der Waals surface area contributed by atoms with Gasteiger partial charge in [0.1, 0.15) is 5.82 Å². The molecule has 0 aliphatic heterocycles. The summed E-state index contributed by atoms with van der Waals surface area (Å²) in [6, 6.07) is 33.6. The lowest BCUT2D eigenvalue weighted by molar-refractivity contribution is 0.944. The molecule has 0 atom stereocenters. The second-order valence-corrected chi connectivity index (χ2v) is 10.6. The van der Waals surface area contributed by atoms with Crippen molar-refractivity contribution < 1.29 is 0 Å². The van der Waals surface area contributed by atoms with Crippen LogP contribution in [0.3, 0.4) is 0 Å². The minimum Gasteiger partial charge on any atom is -0.293 e. The van der Waals surface area contributed by atoms with Gasteiger partial charge in [0, 0.05) is 5.69 Å². The second kappa shape index (κ2) is 8.96. The Morgan fingerprint density at radius 2 is 1.49 bits per heavy atom. The average molecular weight is 501 g/mol. The molecule has 2 heteroatoms. The third-order valence-electron chi connectivity index (χ3n) is 8.26. The van der Waals surface area contributed by atoms with E-state index < -0.39 is 0 Å². The summed E-state index contributed by atoms with van der Waals surface area (Å²) in [6.07, 6.45) is 15.5. The van der Waals surface area contributed by atoms with Crippen LogP contribution in [0, 0.1) is 0 Å². The Hall–Kier alpha value is -4.69. The average Bonchev–Trinajstić information content (AvgIpc) is 3.40. The van der Waals surface area contributed by atoms with Gasteiger partial charge in [0.2, 0.25) is 0 Å². The molecule has 0 N–H and O–H groups in total. The molecule has 0 saturated heterocycles. The normalized spacial score (nSPS) is 14.7. The van der Waals surface area contributed by atoms with E-state index >= 15 is 0 Å². The van der Waals surface area contributed by atoms with Crippen molar-refractivity contribution in [2.24, 2.45) is 0 Å². The van der Waals surface area contributed by atoms with Crippen LogP contribution >= 0.6 is 0 Å². The van der Waals surface area contributed by atoms with Crippen molar-refractivity contribution in [2.75, 3.05) is 0 Å². The second-order valence-electron chi connectivity index (χ2n) is 10.6. The highest BCUT2D eigenvalue weighted by molar-refractivity contribution is 6.15. The van der Waals surface area contributed by atoms with Gasteiger partial charge in [-0.05, 0) is 99.0 Å². The van der Waals surface area contributed by atoms with Gasteiger partial charge in [-0.2, -0.15) is 0 Å². The summed E-state index contributed by atoms with van der Waals surface area (Å²) in [7, 11) is 0. The van der Waals surface area contributed by atoms with Crippen molar-refractivity contribution in [2.45, 2.75) is 25.7 Å². The lowest BCUT2D eigenvalue weighted by atomic mass is 9.93. The number of aromatic nitrogens is 2. The van der Waals surface area contributed by atoms with Crippen LogP contribution in [-0.4, -0.2) is 9.55 Å². The van der Waals surface area contributed by atoms with Crippen LogP contribution in [0.5, 0.6) is 0 Å². The fourth-order valence-corrected chi connectivity index (χ4v) is 6.33. The smallest absolute Gasteiger partial charge is 0.141 e. The molecule has 0 bridgehead atoms. The molecule has 6 aromatic rings. The van der Waals surface area contributed by atoms with Crippen LogP contribution in [0.2, 0.25) is 0 Å². The van der Waals surface area contributed by atoms with E-state index in [0.29, 0.717) is 0 Å². The summed E-state index contributed by atoms with van der Waals surface area (Å²) in [5.74, 6) is 1.08. The molecule has 0 fully saturated rings. The zero-order valence-electron chi connectivity index (χ0n) is 21.8. The summed E-state index contributed by atoms with van der Waals surface area (Å²) in [5.41, 5.74) is 4.98. The molecule has 5 aromatic carbocycles. The fraction of sp³-hybridized carbons (Fsp3) is 0.108. The van der Waals surface area contributed by atoms with Gasteiger partial charge in [-0.3, -0.25) is 4.57 Å². The van der Waals surface area contributed by atoms with Gasteiger partial charge >= 0.3 is 0 Å². The molecule has 186 valence electrons. The molecule has 0 unspecified atom stereocenters. The van der Waals surface area contributed by atoms with Crippen molar-refractivity contribution in [3.05, 3.63) is 126 Å². The molecular weight excluding hydrogens is 472 g/mol. The first kappa shape index (κ1) is 22.3. The van der Waals surface area contributed by atoms with E-state index in [9.17, 15) is 0 Å². The maximum Gasteiger partial charge on any atom is 0.141 e. The Labute approximate surface area is 227 Å². The molecule has 0 saturated carbocycles. The molecular formula is C37H28N2. The van der Waals surface area contributed by atoms with Crippen molar-refractivity contribution in [3.8, 4) is 16.8 Å². The number of hydrogen-bond donors (Lipinski definition) is 0. The van der Waals surface area contributed by atoms with Crippen LogP contribution in [0.15, 0.2) is 109 Å². The Morgan fingerprint density at radius 1 is 0.641 bits per heavy atom. The molecule has 1 heterocycles. The first-order valence-electron chi connectivity index (χ1n) is 13.9. The molecule has 0 spiro atoms. The van der Waals surface area contributed by atoms with Gasteiger partial charge < -0.3 is 0 Å². The van der Waals surface area contributed by atoms with E-state index in [1.165, 1.54) is 60.1 Å². The maximum atomic E-state index is 5.10. The summed E-state index contributed by atoms with van der Waals surface area (Å²) in [6.45, 7) is 0. The van der Waals surface area contributed by atoms with E-state index in [1.807, 2.05) is 0 Å². The number of fused-ring (bicyclic) bond motifs is 5. The van der Waals surface area contributed by atoms with Gasteiger partial charge in [-0.15, -0.1) is 0 Å². The standard InChI is InChI=1S/C37H28N2/c1-2-9-26(10-3-1)37-38-35-15-6-7-16-36(35)39(37)30-20-17-25(18-21-30)31-13-8-14-32-33(31)22-19-29-23-27-11-4-5-12-28(27)24-34(29)32/h1-2,4-5,8-9,11-24H,3,6-7,10H2. The van der Waals surface area contributed by atoms with E-state index in [1.54, 1.807) is 0 Å². The summed E-state index contributed by atoms with van der Waals surface area (Å²) < 4.78 is 2.36. The fourth-order valence-electron chi connectivity index (χ4n) is 6.33. The lowest BCUT2D eigenvalue weighted by Crippen LogP contribution is -2.31. The number of nitrogens with zero attached hydrogens (tertiary/aromatic N) is 2. The van der Waals surface area contributed by atoms with Crippen molar-refractivity contribution in [1.29, 1.82) is 0 Å². The van der Waals surface area contributed by atoms with Crippen molar-refractivity contribution >= 4 is 50.0 Å². The van der Waals surface area contributed by atoms with Crippen LogP contribution in [-0.2, 0) is 0 Å². The number of benzene rings is 5. The third-order valence-corrected chi connectivity index (χ3v) is 8.26. The number of allylic oxidation sites excluding steroid dienone is 4. The van der Waals surface area contributed by atoms with Gasteiger partial charge in [0.05, 0.1) is 10.7 Å². The van der Waals surface area contributed by atoms with Crippen LogP contribution in [0.1, 0.15) is 31.5 Å². The topological polar surface area (TPSA) is 17.8 Å². The van der Waals surface area contributed by atoms with Gasteiger partial charge in [0.25, 0.3) is 0 Å². The maximum absolute atomic E-state index is 5.10. The monoisotopic (exact) mass is 500 g/mol. The number of rotatable bonds is 3. The Bertz CT molecular complexity index is 2100. The lowest BCUT2D eigenvalue weighted by Gasteiger charge is -2.14. The van der Waals surface area contributed by atoms with E-state index in [-0.39, 0.29) is 0 Å². The minimum absolute atomic E-state index is 1.03. The van der Waals surface area contributed by atoms with Crippen LogP contribution in [0.25, 0.3) is 66.9 Å².